The average molecular weight is 498 g/mol. The molecule has 0 saturated heterocycles. The van der Waals surface area contributed by atoms with Gasteiger partial charge in [-0.3, -0.25) is 0 Å². The highest BCUT2D eigenvalue weighted by Crippen LogP contribution is 2.26. The van der Waals surface area contributed by atoms with Crippen LogP contribution in [0.5, 0.6) is 0 Å². The van der Waals surface area contributed by atoms with Crippen molar-refractivity contribution < 1.29 is 21.5 Å². The van der Waals surface area contributed by atoms with Crippen LogP contribution in [-0.2, 0) is 13.6 Å². The van der Waals surface area contributed by atoms with E-state index in [9.17, 15) is 0 Å². The number of anilines is 1. The summed E-state index contributed by atoms with van der Waals surface area (Å²) in [6.45, 7) is 5.00. The molecule has 0 fully saturated rings. The third-order valence-electron chi connectivity index (χ3n) is 4.75. The maximum Gasteiger partial charge on any atom is 0.249 e. The molecule has 0 N–H and O–H groups in total. The zero-order valence-electron chi connectivity index (χ0n) is 17.5. The molecule has 4 aromatic rings. The van der Waals surface area contributed by atoms with Gasteiger partial charge in [-0.05, 0) is 31.2 Å². The number of nitrogens with zero attached hydrogens (tertiary/aromatic N) is 7. The molecular weight excluding hydrogens is 474 g/mol. The molecule has 2 aromatic heterocycles. The van der Waals surface area contributed by atoms with Crippen molar-refractivity contribution in [1.82, 2.24) is 13.9 Å². The Morgan fingerprint density at radius 1 is 1.06 bits per heavy atom. The molecule has 0 atom stereocenters. The summed E-state index contributed by atoms with van der Waals surface area (Å²) in [6.07, 6.45) is 6.23. The third kappa shape index (κ3) is 6.05. The summed E-state index contributed by atoms with van der Waals surface area (Å²) in [5.41, 5.74) is 2.95. The van der Waals surface area contributed by atoms with E-state index in [1.807, 2.05) is 49.5 Å². The molecule has 7 nitrogen and oxygen atoms in total. The van der Waals surface area contributed by atoms with Gasteiger partial charge in [0.05, 0.1) is 19.3 Å². The molecule has 0 aliphatic carbocycles. The molecule has 31 heavy (non-hydrogen) atoms. The van der Waals surface area contributed by atoms with Gasteiger partial charge in [0.25, 0.3) is 0 Å². The number of benzene rings is 2. The van der Waals surface area contributed by atoms with Gasteiger partial charge in [0.1, 0.15) is 18.9 Å². The van der Waals surface area contributed by atoms with E-state index in [2.05, 4.69) is 71.4 Å². The normalized spacial score (nSPS) is 10.9. The number of likely N-dealkylation sites (N-methyl/N-ethyl adjacent to an activating group) is 1. The van der Waals surface area contributed by atoms with Gasteiger partial charge in [-0.25, -0.2) is 9.13 Å². The van der Waals surface area contributed by atoms with Crippen LogP contribution in [0.15, 0.2) is 83.5 Å². The van der Waals surface area contributed by atoms with Gasteiger partial charge in [0.15, 0.2) is 5.82 Å². The lowest BCUT2D eigenvalue weighted by molar-refractivity contribution is -0.671. The predicted molar refractivity (Wildman–Crippen MR) is 119 cm³/mol. The highest BCUT2D eigenvalue weighted by molar-refractivity contribution is 7.09. The molecule has 0 aliphatic heterocycles. The van der Waals surface area contributed by atoms with E-state index in [1.165, 1.54) is 17.2 Å². The first-order valence-electron chi connectivity index (χ1n) is 9.88. The minimum atomic E-state index is 0. The number of azo groups is 1. The molecular formula is C22H24BrN7S. The number of imidazole rings is 1. The van der Waals surface area contributed by atoms with E-state index in [-0.39, 0.29) is 17.0 Å². The Kier molecular flexibility index (Phi) is 8.02. The van der Waals surface area contributed by atoms with E-state index in [0.29, 0.717) is 11.0 Å². The molecule has 2 aromatic carbocycles. The lowest BCUT2D eigenvalue weighted by Gasteiger charge is -2.22. The molecule has 9 heteroatoms. The highest BCUT2D eigenvalue weighted by Gasteiger charge is 2.08. The van der Waals surface area contributed by atoms with Gasteiger partial charge in [0.2, 0.25) is 11.5 Å². The molecule has 0 aliphatic rings. The monoisotopic (exact) mass is 497 g/mol. The summed E-state index contributed by atoms with van der Waals surface area (Å²) in [6, 6.07) is 18.0. The Morgan fingerprint density at radius 3 is 2.52 bits per heavy atom. The van der Waals surface area contributed by atoms with E-state index in [0.717, 1.165) is 30.9 Å². The summed E-state index contributed by atoms with van der Waals surface area (Å²) < 4.78 is 8.60. The molecule has 0 saturated carbocycles. The maximum atomic E-state index is 4.44. The fourth-order valence-corrected chi connectivity index (χ4v) is 3.65. The largest absolute Gasteiger partial charge is 1.00 e. The smallest absolute Gasteiger partial charge is 0.249 e. The SMILES string of the molecule is CCN(CCn1cc[n+](C)c1)c1ccc(/N=N/c2nc(-c3ccccc3)ns2)cc1.[Br-]. The molecule has 0 radical (unpaired) electrons. The number of hydrogen-bond acceptors (Lipinski definition) is 6. The second kappa shape index (κ2) is 10.9. The fraction of sp³-hybridized carbons (Fsp3) is 0.227. The van der Waals surface area contributed by atoms with Crippen molar-refractivity contribution in [3.05, 3.63) is 73.3 Å². The molecule has 0 amide bonds. The summed E-state index contributed by atoms with van der Waals surface area (Å²) in [7, 11) is 2.03. The Labute approximate surface area is 196 Å². The van der Waals surface area contributed by atoms with Crippen LogP contribution in [-0.4, -0.2) is 27.0 Å². The standard InChI is InChI=1S/C22H24N7S.BrH/c1-3-29(16-15-28-14-13-27(2)17-28)20-11-9-19(10-12-20)24-25-22-23-21(26-30-22)18-7-5-4-6-8-18;/h4-14,17H,3,15-16H2,1-2H3;1H/q+1;/p-1/b25-24+;. The molecule has 0 spiro atoms. The first kappa shape index (κ1) is 22.8. The minimum absolute atomic E-state index is 0. The van der Waals surface area contributed by atoms with E-state index in [4.69, 9.17) is 0 Å². The van der Waals surface area contributed by atoms with Crippen LogP contribution in [0.25, 0.3) is 11.4 Å². The topological polar surface area (TPSA) is 62.5 Å². The molecule has 160 valence electrons. The van der Waals surface area contributed by atoms with Gasteiger partial charge in [-0.15, -0.1) is 10.2 Å². The van der Waals surface area contributed by atoms with Crippen LogP contribution in [0, 0.1) is 0 Å². The molecule has 0 unspecified atom stereocenters. The lowest BCUT2D eigenvalue weighted by atomic mass is 10.2. The summed E-state index contributed by atoms with van der Waals surface area (Å²) >= 11 is 1.25. The molecule has 4 rings (SSSR count). The van der Waals surface area contributed by atoms with Gasteiger partial charge >= 0.3 is 0 Å². The Morgan fingerprint density at radius 2 is 1.84 bits per heavy atom. The van der Waals surface area contributed by atoms with Gasteiger partial charge in [0, 0.05) is 29.3 Å². The second-order valence-electron chi connectivity index (χ2n) is 6.88. The number of aromatic nitrogens is 4. The number of rotatable bonds is 8. The predicted octanol–water partition coefficient (Wildman–Crippen LogP) is 1.78. The number of aryl methyl sites for hydroxylation is 1. The van der Waals surface area contributed by atoms with Crippen molar-refractivity contribution in [2.75, 3.05) is 18.0 Å². The molecule has 2 heterocycles. The van der Waals surface area contributed by atoms with Crippen LogP contribution in [0.3, 0.4) is 0 Å². The number of halogens is 1. The van der Waals surface area contributed by atoms with Gasteiger partial charge in [-0.1, -0.05) is 30.3 Å². The first-order valence-corrected chi connectivity index (χ1v) is 10.7. The third-order valence-corrected chi connectivity index (χ3v) is 5.35. The highest BCUT2D eigenvalue weighted by atomic mass is 79.9. The second-order valence-corrected chi connectivity index (χ2v) is 7.61. The van der Waals surface area contributed by atoms with Crippen molar-refractivity contribution in [3.8, 4) is 11.4 Å². The van der Waals surface area contributed by atoms with Gasteiger partial charge < -0.3 is 21.9 Å². The van der Waals surface area contributed by atoms with E-state index < -0.39 is 0 Å². The van der Waals surface area contributed by atoms with Crippen LogP contribution in [0.1, 0.15) is 6.92 Å². The Bertz CT molecular complexity index is 1110. The van der Waals surface area contributed by atoms with Gasteiger partial charge in [-0.2, -0.15) is 9.36 Å². The molecule has 0 bridgehead atoms. The fourth-order valence-electron chi connectivity index (χ4n) is 3.13. The summed E-state index contributed by atoms with van der Waals surface area (Å²) in [4.78, 5) is 6.79. The lowest BCUT2D eigenvalue weighted by Crippen LogP contribution is -3.00. The van der Waals surface area contributed by atoms with Crippen LogP contribution < -0.4 is 26.4 Å². The first-order chi connectivity index (χ1) is 14.7. The van der Waals surface area contributed by atoms with E-state index >= 15 is 0 Å². The quantitative estimate of drug-likeness (QED) is 0.275. The van der Waals surface area contributed by atoms with Crippen molar-refractivity contribution in [3.63, 3.8) is 0 Å². The van der Waals surface area contributed by atoms with E-state index in [1.54, 1.807) is 0 Å². The van der Waals surface area contributed by atoms with Crippen molar-refractivity contribution in [2.45, 2.75) is 13.5 Å². The van der Waals surface area contributed by atoms with Crippen LogP contribution >= 0.6 is 11.5 Å². The van der Waals surface area contributed by atoms with Crippen LogP contribution in [0.4, 0.5) is 16.5 Å². The summed E-state index contributed by atoms with van der Waals surface area (Å²) in [5, 5.41) is 9.11. The van der Waals surface area contributed by atoms with Crippen molar-refractivity contribution in [2.24, 2.45) is 17.3 Å². The van der Waals surface area contributed by atoms with Crippen molar-refractivity contribution >= 4 is 28.0 Å². The van der Waals surface area contributed by atoms with Crippen molar-refractivity contribution in [1.29, 1.82) is 0 Å². The number of hydrogen-bond donors (Lipinski definition) is 0. The Hall–Kier alpha value is -2.91. The minimum Gasteiger partial charge on any atom is -1.00 e. The average Bonchev–Trinajstić information content (AvgIpc) is 3.43. The summed E-state index contributed by atoms with van der Waals surface area (Å²) in [5.74, 6) is 0.680. The maximum absolute atomic E-state index is 4.44. The van der Waals surface area contributed by atoms with Crippen LogP contribution in [0.2, 0.25) is 0 Å². The zero-order valence-corrected chi connectivity index (χ0v) is 19.9. The Balaban J connectivity index is 0.00000272. The zero-order chi connectivity index (χ0) is 20.8.